The first-order valence-corrected chi connectivity index (χ1v) is 3.49. The second-order valence-electron chi connectivity index (χ2n) is 2.91. The molecule has 0 saturated heterocycles. The van der Waals surface area contributed by atoms with E-state index in [1.54, 1.807) is 0 Å². The molecule has 0 aromatic carbocycles. The number of nitrogens with zero attached hydrogens (tertiary/aromatic N) is 1. The summed E-state index contributed by atoms with van der Waals surface area (Å²) in [6, 6.07) is 0. The van der Waals surface area contributed by atoms with Gasteiger partial charge in [0.15, 0.2) is 0 Å². The van der Waals surface area contributed by atoms with E-state index in [0.717, 1.165) is 0 Å². The quantitative estimate of drug-likeness (QED) is 0.338. The average molecular weight is 158 g/mol. The van der Waals surface area contributed by atoms with Crippen molar-refractivity contribution in [3.8, 4) is 0 Å². The van der Waals surface area contributed by atoms with Gasteiger partial charge in [0.05, 0.1) is 0 Å². The highest BCUT2D eigenvalue weighted by atomic mass is 32.1. The SMILES string of the molecule is CC1(C)CC(C(=N)S)=NO1. The van der Waals surface area contributed by atoms with Crippen molar-refractivity contribution in [1.82, 2.24) is 0 Å². The highest BCUT2D eigenvalue weighted by molar-refractivity contribution is 7.99. The molecule has 1 rings (SSSR count). The normalized spacial score (nSPS) is 21.7. The van der Waals surface area contributed by atoms with Crippen LogP contribution in [0.4, 0.5) is 0 Å². The van der Waals surface area contributed by atoms with Crippen molar-refractivity contribution in [2.75, 3.05) is 0 Å². The lowest BCUT2D eigenvalue weighted by atomic mass is 10.0. The van der Waals surface area contributed by atoms with Crippen molar-refractivity contribution >= 4 is 23.4 Å². The summed E-state index contributed by atoms with van der Waals surface area (Å²) in [7, 11) is 0. The Labute approximate surface area is 65.4 Å². The van der Waals surface area contributed by atoms with Crippen LogP contribution in [0.2, 0.25) is 0 Å². The van der Waals surface area contributed by atoms with Gasteiger partial charge in [-0.1, -0.05) is 5.16 Å². The van der Waals surface area contributed by atoms with Crippen molar-refractivity contribution < 1.29 is 4.84 Å². The van der Waals surface area contributed by atoms with E-state index < -0.39 is 0 Å². The molecule has 1 aliphatic heterocycles. The Morgan fingerprint density at radius 2 is 2.40 bits per heavy atom. The molecule has 0 spiro atoms. The lowest BCUT2D eigenvalue weighted by Crippen LogP contribution is -2.20. The molecule has 4 heteroatoms. The van der Waals surface area contributed by atoms with Gasteiger partial charge in [0, 0.05) is 6.42 Å². The minimum Gasteiger partial charge on any atom is -0.389 e. The van der Waals surface area contributed by atoms with E-state index in [4.69, 9.17) is 10.2 Å². The number of thiol groups is 1. The molecule has 1 heterocycles. The molecule has 0 bridgehead atoms. The molecular weight excluding hydrogens is 148 g/mol. The fourth-order valence-electron chi connectivity index (χ4n) is 0.773. The van der Waals surface area contributed by atoms with Crippen LogP contribution in [0.3, 0.4) is 0 Å². The van der Waals surface area contributed by atoms with Gasteiger partial charge < -0.3 is 4.84 Å². The largest absolute Gasteiger partial charge is 0.389 e. The zero-order valence-electron chi connectivity index (χ0n) is 6.01. The number of nitrogens with one attached hydrogen (secondary N) is 1. The smallest absolute Gasteiger partial charge is 0.138 e. The van der Waals surface area contributed by atoms with Crippen LogP contribution in [0.25, 0.3) is 0 Å². The second-order valence-corrected chi connectivity index (χ2v) is 3.36. The highest BCUT2D eigenvalue weighted by Crippen LogP contribution is 2.22. The molecule has 10 heavy (non-hydrogen) atoms. The van der Waals surface area contributed by atoms with Crippen molar-refractivity contribution in [2.45, 2.75) is 25.9 Å². The summed E-state index contributed by atoms with van der Waals surface area (Å²) in [4.78, 5) is 5.01. The molecule has 0 atom stereocenters. The Morgan fingerprint density at radius 1 is 1.80 bits per heavy atom. The maximum atomic E-state index is 7.12. The standard InChI is InChI=1S/C6H10N2OS/c1-6(2)3-4(5(7)10)8-9-6/h3H2,1-2H3,(H2,7,10). The van der Waals surface area contributed by atoms with Crippen LogP contribution < -0.4 is 0 Å². The molecule has 0 unspecified atom stereocenters. The summed E-state index contributed by atoms with van der Waals surface area (Å²) in [6.45, 7) is 3.86. The van der Waals surface area contributed by atoms with Gasteiger partial charge in [-0.05, 0) is 13.8 Å². The molecule has 0 fully saturated rings. The van der Waals surface area contributed by atoms with E-state index in [1.807, 2.05) is 13.8 Å². The zero-order valence-corrected chi connectivity index (χ0v) is 6.90. The average Bonchev–Trinajstić information content (AvgIpc) is 2.10. The van der Waals surface area contributed by atoms with Crippen molar-refractivity contribution in [2.24, 2.45) is 5.16 Å². The predicted molar refractivity (Wildman–Crippen MR) is 43.9 cm³/mol. The number of hydrogen-bond acceptors (Lipinski definition) is 3. The Hall–Kier alpha value is -0.510. The maximum absolute atomic E-state index is 7.12. The Kier molecular flexibility index (Phi) is 1.72. The lowest BCUT2D eigenvalue weighted by molar-refractivity contribution is 0.0123. The van der Waals surface area contributed by atoms with Crippen LogP contribution in [0, 0.1) is 5.41 Å². The van der Waals surface area contributed by atoms with Crippen molar-refractivity contribution in [3.63, 3.8) is 0 Å². The van der Waals surface area contributed by atoms with E-state index in [9.17, 15) is 0 Å². The first-order valence-electron chi connectivity index (χ1n) is 3.04. The van der Waals surface area contributed by atoms with Crippen LogP contribution in [0.5, 0.6) is 0 Å². The predicted octanol–water partition coefficient (Wildman–Crippen LogP) is 1.45. The van der Waals surface area contributed by atoms with Gasteiger partial charge in [-0.3, -0.25) is 5.41 Å². The third-order valence-corrected chi connectivity index (χ3v) is 1.53. The second kappa shape index (κ2) is 2.27. The van der Waals surface area contributed by atoms with Gasteiger partial charge in [0.2, 0.25) is 0 Å². The Morgan fingerprint density at radius 3 is 2.60 bits per heavy atom. The van der Waals surface area contributed by atoms with Gasteiger partial charge in [0.25, 0.3) is 0 Å². The summed E-state index contributed by atoms with van der Waals surface area (Å²) >= 11 is 3.84. The van der Waals surface area contributed by atoms with Crippen molar-refractivity contribution in [3.05, 3.63) is 0 Å². The van der Waals surface area contributed by atoms with E-state index in [2.05, 4.69) is 17.8 Å². The van der Waals surface area contributed by atoms with E-state index in [0.29, 0.717) is 12.1 Å². The number of oxime groups is 1. The number of hydrogen-bond donors (Lipinski definition) is 2. The maximum Gasteiger partial charge on any atom is 0.138 e. The Bertz CT molecular complexity index is 198. The summed E-state index contributed by atoms with van der Waals surface area (Å²) in [5, 5.41) is 11.0. The monoisotopic (exact) mass is 158 g/mol. The van der Waals surface area contributed by atoms with E-state index in [-0.39, 0.29) is 10.6 Å². The molecular formula is C6H10N2OS. The molecule has 0 radical (unpaired) electrons. The molecule has 1 aliphatic rings. The van der Waals surface area contributed by atoms with Crippen LogP contribution in [0.15, 0.2) is 5.16 Å². The van der Waals surface area contributed by atoms with E-state index >= 15 is 0 Å². The third-order valence-electron chi connectivity index (χ3n) is 1.27. The van der Waals surface area contributed by atoms with Crippen LogP contribution in [-0.4, -0.2) is 16.4 Å². The topological polar surface area (TPSA) is 45.4 Å². The Balaban J connectivity index is 2.64. The summed E-state index contributed by atoms with van der Waals surface area (Å²) in [5.74, 6) is 0. The van der Waals surface area contributed by atoms with Crippen molar-refractivity contribution in [1.29, 1.82) is 5.41 Å². The highest BCUT2D eigenvalue weighted by Gasteiger charge is 2.29. The minimum atomic E-state index is -0.246. The first kappa shape index (κ1) is 7.60. The zero-order chi connectivity index (χ0) is 7.78. The van der Waals surface area contributed by atoms with Gasteiger partial charge in [0.1, 0.15) is 16.4 Å². The molecule has 0 aromatic heterocycles. The molecule has 0 saturated carbocycles. The summed E-state index contributed by atoms with van der Waals surface area (Å²) < 4.78 is 0. The van der Waals surface area contributed by atoms with Crippen LogP contribution in [0.1, 0.15) is 20.3 Å². The summed E-state index contributed by atoms with van der Waals surface area (Å²) in [6.07, 6.45) is 0.676. The molecule has 0 aliphatic carbocycles. The molecule has 56 valence electrons. The van der Waals surface area contributed by atoms with Gasteiger partial charge >= 0.3 is 0 Å². The lowest BCUT2D eigenvalue weighted by Gasteiger charge is -2.12. The van der Waals surface area contributed by atoms with Gasteiger partial charge in [-0.15, -0.1) is 12.6 Å². The van der Waals surface area contributed by atoms with Gasteiger partial charge in [-0.25, -0.2) is 0 Å². The molecule has 0 amide bonds. The fourth-order valence-corrected chi connectivity index (χ4v) is 0.893. The fraction of sp³-hybridized carbons (Fsp3) is 0.667. The number of rotatable bonds is 1. The van der Waals surface area contributed by atoms with E-state index in [1.165, 1.54) is 0 Å². The third kappa shape index (κ3) is 1.50. The molecule has 3 nitrogen and oxygen atoms in total. The van der Waals surface area contributed by atoms with Crippen LogP contribution >= 0.6 is 12.6 Å². The first-order chi connectivity index (χ1) is 4.51. The molecule has 0 aromatic rings. The summed E-state index contributed by atoms with van der Waals surface area (Å²) in [5.41, 5.74) is 0.387. The van der Waals surface area contributed by atoms with Gasteiger partial charge in [-0.2, -0.15) is 0 Å². The minimum absolute atomic E-state index is 0.200. The molecule has 1 N–H and O–H groups in total. The van der Waals surface area contributed by atoms with Crippen LogP contribution in [-0.2, 0) is 4.84 Å².